The molecule has 0 aromatic rings. The number of hydrogen-bond donors (Lipinski definition) is 0. The lowest BCUT2D eigenvalue weighted by Crippen LogP contribution is -1.94. The predicted octanol–water partition coefficient (Wildman–Crippen LogP) is 17.0. The lowest BCUT2D eigenvalue weighted by atomic mass is 10.0. The summed E-state index contributed by atoms with van der Waals surface area (Å²) in [6.07, 6.45) is 59.2. The van der Waals surface area contributed by atoms with Crippen LogP contribution < -0.4 is 0 Å². The molecule has 1 unspecified atom stereocenters. The van der Waals surface area contributed by atoms with Crippen LogP contribution in [0.5, 0.6) is 0 Å². The van der Waals surface area contributed by atoms with Crippen molar-refractivity contribution in [2.24, 2.45) is 5.92 Å². The summed E-state index contributed by atoms with van der Waals surface area (Å²) in [7, 11) is 0. The van der Waals surface area contributed by atoms with E-state index in [4.69, 9.17) is 0 Å². The van der Waals surface area contributed by atoms with Crippen molar-refractivity contribution in [1.29, 1.82) is 0 Å². The Kier molecular flexibility index (Phi) is 50.9. The van der Waals surface area contributed by atoms with Crippen LogP contribution in [0.1, 0.15) is 284 Å². The van der Waals surface area contributed by atoms with E-state index in [0.29, 0.717) is 0 Å². The van der Waals surface area contributed by atoms with E-state index in [1.807, 2.05) is 6.92 Å². The van der Waals surface area contributed by atoms with E-state index in [1.54, 1.807) is 0 Å². The molecule has 0 radical (unpaired) electrons. The van der Waals surface area contributed by atoms with Crippen LogP contribution >= 0.6 is 0 Å². The summed E-state index contributed by atoms with van der Waals surface area (Å²) >= 11 is 0. The van der Waals surface area contributed by atoms with E-state index in [1.165, 1.54) is 244 Å². The van der Waals surface area contributed by atoms with Gasteiger partial charge in [0.05, 0.1) is 0 Å². The maximum absolute atomic E-state index is 10.5. The molecule has 2 nitrogen and oxygen atoms in total. The fourth-order valence-electron chi connectivity index (χ4n) is 7.10. The number of carbonyl (C=O) groups excluding carboxylic acids is 2. The largest absolute Gasteiger partial charge is 0.303 e. The molecule has 0 heterocycles. The van der Waals surface area contributed by atoms with Gasteiger partial charge >= 0.3 is 0 Å². The first-order valence-corrected chi connectivity index (χ1v) is 23.1. The highest BCUT2D eigenvalue weighted by atomic mass is 16.1. The Balaban J connectivity index is 0. The summed E-state index contributed by atoms with van der Waals surface area (Å²) in [5, 5.41) is 0. The molecule has 0 rings (SSSR count). The second kappa shape index (κ2) is 49.5. The van der Waals surface area contributed by atoms with E-state index < -0.39 is 0 Å². The third-order valence-electron chi connectivity index (χ3n) is 10.7. The van der Waals surface area contributed by atoms with E-state index >= 15 is 0 Å². The van der Waals surface area contributed by atoms with E-state index in [0.717, 1.165) is 31.8 Å². The molecule has 0 aliphatic carbocycles. The lowest BCUT2D eigenvalue weighted by molar-refractivity contribution is -0.111. The second-order valence-electron chi connectivity index (χ2n) is 15.9. The third kappa shape index (κ3) is 51.8. The summed E-state index contributed by atoms with van der Waals surface area (Å²) in [5.41, 5.74) is 0. The molecular weight excluding hydrogens is 597 g/mol. The van der Waals surface area contributed by atoms with E-state index in [9.17, 15) is 9.59 Å². The van der Waals surface area contributed by atoms with Crippen molar-refractivity contribution in [2.75, 3.05) is 0 Å². The zero-order chi connectivity index (χ0) is 36.0. The summed E-state index contributed by atoms with van der Waals surface area (Å²) in [4.78, 5) is 20.7. The van der Waals surface area contributed by atoms with Gasteiger partial charge < -0.3 is 9.59 Å². The number of aldehydes is 2. The fourth-order valence-corrected chi connectivity index (χ4v) is 7.10. The predicted molar refractivity (Wildman–Crippen MR) is 222 cm³/mol. The molecule has 2 heteroatoms. The molecule has 0 aliphatic rings. The van der Waals surface area contributed by atoms with Crippen LogP contribution in [-0.2, 0) is 9.59 Å². The lowest BCUT2D eigenvalue weighted by Gasteiger charge is -2.04. The van der Waals surface area contributed by atoms with Crippen molar-refractivity contribution < 1.29 is 9.59 Å². The monoisotopic (exact) mass is 691 g/mol. The first kappa shape index (κ1) is 50.4. The summed E-state index contributed by atoms with van der Waals surface area (Å²) in [5.74, 6) is 0.269. The van der Waals surface area contributed by atoms with E-state index in [-0.39, 0.29) is 5.92 Å². The van der Waals surface area contributed by atoms with E-state index in [2.05, 4.69) is 13.8 Å². The first-order chi connectivity index (χ1) is 24.2. The normalized spacial score (nSPS) is 11.7. The molecule has 0 saturated heterocycles. The Bertz CT molecular complexity index is 572. The van der Waals surface area contributed by atoms with Crippen molar-refractivity contribution in [1.82, 2.24) is 0 Å². The molecule has 49 heavy (non-hydrogen) atoms. The van der Waals surface area contributed by atoms with Crippen LogP contribution in [-0.4, -0.2) is 12.6 Å². The Morgan fingerprint density at radius 2 is 0.510 bits per heavy atom. The minimum atomic E-state index is 0.269. The first-order valence-electron chi connectivity index (χ1n) is 23.1. The van der Waals surface area contributed by atoms with Gasteiger partial charge in [-0.3, -0.25) is 0 Å². The molecule has 0 bridgehead atoms. The molecule has 0 fully saturated rings. The fraction of sp³-hybridized carbons (Fsp3) is 0.957. The van der Waals surface area contributed by atoms with Crippen LogP contribution in [0.4, 0.5) is 0 Å². The standard InChI is InChI=1S/C24H48O.C23H46O/c1-2-3-4-5-6-7-8-9-10-11-12-13-14-15-16-17-18-19-20-21-22-23-24-25;1-3-4-5-6-7-8-9-10-11-12-13-14-15-16-17-18-19-20-21-23(2)22-24/h24H,2-23H2,1H3;22-23H,3-21H2,1-2H3. The van der Waals surface area contributed by atoms with Crippen LogP contribution in [0, 0.1) is 5.92 Å². The minimum Gasteiger partial charge on any atom is -0.303 e. The van der Waals surface area contributed by atoms with Gasteiger partial charge in [0.2, 0.25) is 0 Å². The van der Waals surface area contributed by atoms with Gasteiger partial charge in [0, 0.05) is 12.3 Å². The number of rotatable bonds is 42. The van der Waals surface area contributed by atoms with Crippen molar-refractivity contribution >= 4 is 12.6 Å². The van der Waals surface area contributed by atoms with Gasteiger partial charge in [0.15, 0.2) is 0 Å². The molecule has 0 amide bonds. The molecule has 0 aliphatic heterocycles. The topological polar surface area (TPSA) is 34.1 Å². The summed E-state index contributed by atoms with van der Waals surface area (Å²) < 4.78 is 0. The van der Waals surface area contributed by atoms with Gasteiger partial charge in [-0.1, -0.05) is 265 Å². The minimum absolute atomic E-state index is 0.269. The molecule has 0 spiro atoms. The number of carbonyl (C=O) groups is 2. The summed E-state index contributed by atoms with van der Waals surface area (Å²) in [6, 6.07) is 0. The van der Waals surface area contributed by atoms with Gasteiger partial charge in [0.1, 0.15) is 12.6 Å². The number of unbranched alkanes of at least 4 members (excludes halogenated alkanes) is 38. The summed E-state index contributed by atoms with van der Waals surface area (Å²) in [6.45, 7) is 6.61. The molecule has 294 valence electrons. The van der Waals surface area contributed by atoms with Crippen molar-refractivity contribution in [3.8, 4) is 0 Å². The van der Waals surface area contributed by atoms with Gasteiger partial charge in [-0.05, 0) is 12.8 Å². The number of hydrogen-bond acceptors (Lipinski definition) is 2. The van der Waals surface area contributed by atoms with Crippen LogP contribution in [0.3, 0.4) is 0 Å². The molecule has 0 N–H and O–H groups in total. The zero-order valence-electron chi connectivity index (χ0n) is 34.5. The van der Waals surface area contributed by atoms with Crippen LogP contribution in [0.15, 0.2) is 0 Å². The van der Waals surface area contributed by atoms with Crippen molar-refractivity contribution in [2.45, 2.75) is 284 Å². The highest BCUT2D eigenvalue weighted by Crippen LogP contribution is 2.17. The van der Waals surface area contributed by atoms with Crippen LogP contribution in [0.25, 0.3) is 0 Å². The van der Waals surface area contributed by atoms with Gasteiger partial charge in [0.25, 0.3) is 0 Å². The quantitative estimate of drug-likeness (QED) is 0.0472. The Labute approximate surface area is 311 Å². The molecule has 0 aromatic heterocycles. The maximum Gasteiger partial charge on any atom is 0.122 e. The average Bonchev–Trinajstić information content (AvgIpc) is 3.12. The Morgan fingerprint density at radius 1 is 0.306 bits per heavy atom. The maximum atomic E-state index is 10.5. The van der Waals surface area contributed by atoms with Gasteiger partial charge in [-0.25, -0.2) is 0 Å². The highest BCUT2D eigenvalue weighted by Gasteiger charge is 1.99. The van der Waals surface area contributed by atoms with Crippen LogP contribution in [0.2, 0.25) is 0 Å². The SMILES string of the molecule is CCCCCCCCCCCCCCCCCCCCC(C)C=O.CCCCCCCCCCCCCCCCCCCCCCCC=O. The van der Waals surface area contributed by atoms with Crippen molar-refractivity contribution in [3.63, 3.8) is 0 Å². The molecule has 0 aromatic carbocycles. The highest BCUT2D eigenvalue weighted by molar-refractivity contribution is 5.52. The van der Waals surface area contributed by atoms with Gasteiger partial charge in [-0.15, -0.1) is 0 Å². The average molecular weight is 691 g/mol. The Morgan fingerprint density at radius 3 is 0.714 bits per heavy atom. The molecule has 1 atom stereocenters. The van der Waals surface area contributed by atoms with Crippen molar-refractivity contribution in [3.05, 3.63) is 0 Å². The Hall–Kier alpha value is -0.660. The zero-order valence-corrected chi connectivity index (χ0v) is 34.5. The third-order valence-corrected chi connectivity index (χ3v) is 10.7. The smallest absolute Gasteiger partial charge is 0.122 e. The molecule has 0 saturated carbocycles. The second-order valence-corrected chi connectivity index (χ2v) is 15.9. The van der Waals surface area contributed by atoms with Gasteiger partial charge in [-0.2, -0.15) is 0 Å². The molecular formula is C47H94O2.